The molecule has 0 atom stereocenters. The maximum atomic E-state index is 10.00. The lowest BCUT2D eigenvalue weighted by Crippen LogP contribution is -1.99. The Labute approximate surface area is 96.3 Å². The zero-order valence-electron chi connectivity index (χ0n) is 8.78. The van der Waals surface area contributed by atoms with Gasteiger partial charge in [-0.05, 0) is 24.3 Å². The number of nitrogens with two attached hydrogens (primary N) is 1. The van der Waals surface area contributed by atoms with Gasteiger partial charge >= 0.3 is 0 Å². The molecule has 6 heteroatoms. The molecule has 3 N–H and O–H groups in total. The lowest BCUT2D eigenvalue weighted by molar-refractivity contribution is 0.203. The second-order valence-electron chi connectivity index (χ2n) is 3.53. The van der Waals surface area contributed by atoms with Gasteiger partial charge in [-0.15, -0.1) is 0 Å². The van der Waals surface area contributed by atoms with Gasteiger partial charge in [-0.1, -0.05) is 0 Å². The second kappa shape index (κ2) is 3.44. The van der Waals surface area contributed by atoms with Crippen molar-refractivity contribution in [3.05, 3.63) is 36.7 Å². The van der Waals surface area contributed by atoms with Gasteiger partial charge in [0.05, 0.1) is 5.56 Å². The Kier molecular flexibility index (Phi) is 1.94. The summed E-state index contributed by atoms with van der Waals surface area (Å²) in [6, 6.07) is 6.94. The number of imidazole rings is 1. The summed E-state index contributed by atoms with van der Waals surface area (Å²) in [7, 11) is 0. The van der Waals surface area contributed by atoms with E-state index in [1.54, 1.807) is 36.7 Å². The molecule has 0 fully saturated rings. The molecule has 0 saturated carbocycles. The molecule has 0 radical (unpaired) electrons. The van der Waals surface area contributed by atoms with Crippen LogP contribution in [0.4, 0.5) is 5.82 Å². The maximum absolute atomic E-state index is 10.00. The average Bonchev–Trinajstić information content (AvgIpc) is 2.68. The van der Waals surface area contributed by atoms with Crippen molar-refractivity contribution in [2.75, 3.05) is 5.73 Å². The van der Waals surface area contributed by atoms with Crippen LogP contribution < -0.4 is 5.73 Å². The Morgan fingerprint density at radius 1 is 1.12 bits per heavy atom. The van der Waals surface area contributed by atoms with Crippen molar-refractivity contribution in [2.45, 2.75) is 0 Å². The van der Waals surface area contributed by atoms with E-state index in [0.717, 1.165) is 4.73 Å². The van der Waals surface area contributed by atoms with Crippen LogP contribution in [0.15, 0.2) is 36.7 Å². The van der Waals surface area contributed by atoms with Gasteiger partial charge in [0, 0.05) is 12.4 Å². The van der Waals surface area contributed by atoms with E-state index in [9.17, 15) is 5.21 Å². The van der Waals surface area contributed by atoms with Crippen LogP contribution in [0.3, 0.4) is 0 Å². The molecule has 0 amide bonds. The first-order valence-electron chi connectivity index (χ1n) is 5.01. The van der Waals surface area contributed by atoms with Gasteiger partial charge in [0.15, 0.2) is 11.5 Å². The van der Waals surface area contributed by atoms with E-state index in [0.29, 0.717) is 28.4 Å². The van der Waals surface area contributed by atoms with Crippen molar-refractivity contribution in [1.82, 2.24) is 19.7 Å². The topological polar surface area (TPSA) is 89.9 Å². The fourth-order valence-electron chi connectivity index (χ4n) is 1.68. The monoisotopic (exact) mass is 227 g/mol. The first-order chi connectivity index (χ1) is 8.27. The fraction of sp³-hybridized carbons (Fsp3) is 0. The van der Waals surface area contributed by atoms with Gasteiger partial charge in [-0.3, -0.25) is 0 Å². The number of aromatic nitrogens is 4. The van der Waals surface area contributed by atoms with Gasteiger partial charge in [-0.2, -0.15) is 4.73 Å². The lowest BCUT2D eigenvalue weighted by atomic mass is 10.2. The molecule has 0 saturated heterocycles. The number of nitrogen functional groups attached to an aromatic ring is 1. The molecule has 3 aromatic rings. The largest absolute Gasteiger partial charge is 0.426 e. The van der Waals surface area contributed by atoms with Crippen molar-refractivity contribution in [3.8, 4) is 11.4 Å². The van der Waals surface area contributed by atoms with Crippen LogP contribution in [0.25, 0.3) is 22.6 Å². The van der Waals surface area contributed by atoms with Gasteiger partial charge < -0.3 is 10.9 Å². The van der Waals surface area contributed by atoms with Crippen LogP contribution in [-0.2, 0) is 0 Å². The smallest absolute Gasteiger partial charge is 0.181 e. The molecule has 0 unspecified atom stereocenters. The van der Waals surface area contributed by atoms with E-state index in [1.165, 1.54) is 0 Å². The minimum absolute atomic E-state index is 0.318. The zero-order chi connectivity index (χ0) is 11.8. The summed E-state index contributed by atoms with van der Waals surface area (Å²) in [5.41, 5.74) is 7.32. The molecule has 84 valence electrons. The minimum Gasteiger partial charge on any atom is -0.426 e. The van der Waals surface area contributed by atoms with Crippen molar-refractivity contribution in [3.63, 3.8) is 0 Å². The number of hydrogen-bond acceptors (Lipinski definition) is 5. The molecular weight excluding hydrogens is 218 g/mol. The molecule has 0 bridgehead atoms. The molecule has 0 aliphatic carbocycles. The molecule has 0 aliphatic heterocycles. The third kappa shape index (κ3) is 1.38. The van der Waals surface area contributed by atoms with Crippen LogP contribution in [0.2, 0.25) is 0 Å². The summed E-state index contributed by atoms with van der Waals surface area (Å²) in [6.45, 7) is 0. The predicted octanol–water partition coefficient (Wildman–Crippen LogP) is 1.31. The van der Waals surface area contributed by atoms with Crippen LogP contribution >= 0.6 is 0 Å². The number of fused-ring (bicyclic) bond motifs is 1. The Balaban J connectivity index is 2.32. The fourth-order valence-corrected chi connectivity index (χ4v) is 1.68. The van der Waals surface area contributed by atoms with Gasteiger partial charge in [0.25, 0.3) is 0 Å². The normalized spacial score (nSPS) is 10.8. The van der Waals surface area contributed by atoms with Crippen molar-refractivity contribution >= 4 is 17.0 Å². The summed E-state index contributed by atoms with van der Waals surface area (Å²) in [5.74, 6) is 0.655. The Morgan fingerprint density at radius 3 is 2.65 bits per heavy atom. The van der Waals surface area contributed by atoms with E-state index >= 15 is 0 Å². The molecule has 3 aromatic heterocycles. The minimum atomic E-state index is 0.318. The van der Waals surface area contributed by atoms with E-state index in [2.05, 4.69) is 15.0 Å². The van der Waals surface area contributed by atoms with Crippen LogP contribution in [0, 0.1) is 0 Å². The van der Waals surface area contributed by atoms with Gasteiger partial charge in [0.2, 0.25) is 0 Å². The quantitative estimate of drug-likeness (QED) is 0.612. The summed E-state index contributed by atoms with van der Waals surface area (Å²) in [4.78, 5) is 12.2. The number of hydrogen-bond donors (Lipinski definition) is 2. The number of pyridine rings is 2. The Morgan fingerprint density at radius 2 is 1.88 bits per heavy atom. The summed E-state index contributed by atoms with van der Waals surface area (Å²) >= 11 is 0. The highest BCUT2D eigenvalue weighted by Gasteiger charge is 2.14. The third-order valence-electron chi connectivity index (χ3n) is 2.49. The SMILES string of the molecule is Nc1ncccc1-c1nc2ncccc2n1O. The molecule has 0 aliphatic rings. The van der Waals surface area contributed by atoms with Gasteiger partial charge in [-0.25, -0.2) is 15.0 Å². The van der Waals surface area contributed by atoms with Gasteiger partial charge in [0.1, 0.15) is 11.3 Å². The maximum Gasteiger partial charge on any atom is 0.181 e. The standard InChI is InChI=1S/C11H9N5O/c12-9-7(3-1-5-13-9)11-15-10-8(16(11)17)4-2-6-14-10/h1-6,17H,(H2,12,13). The second-order valence-corrected chi connectivity index (χ2v) is 3.53. The lowest BCUT2D eigenvalue weighted by Gasteiger charge is -2.02. The van der Waals surface area contributed by atoms with Crippen molar-refractivity contribution < 1.29 is 5.21 Å². The number of anilines is 1. The van der Waals surface area contributed by atoms with E-state index in [-0.39, 0.29) is 0 Å². The summed E-state index contributed by atoms with van der Waals surface area (Å²) in [5, 5.41) is 10.00. The van der Waals surface area contributed by atoms with Crippen LogP contribution in [0.1, 0.15) is 0 Å². The van der Waals surface area contributed by atoms with E-state index in [4.69, 9.17) is 5.73 Å². The molecule has 0 aromatic carbocycles. The predicted molar refractivity (Wildman–Crippen MR) is 62.4 cm³/mol. The molecule has 6 nitrogen and oxygen atoms in total. The first-order valence-corrected chi connectivity index (χ1v) is 5.01. The highest BCUT2D eigenvalue weighted by atomic mass is 16.5. The summed E-state index contributed by atoms with van der Waals surface area (Å²) in [6.07, 6.45) is 3.20. The Bertz CT molecular complexity index is 691. The average molecular weight is 227 g/mol. The van der Waals surface area contributed by atoms with Crippen LogP contribution in [0.5, 0.6) is 0 Å². The summed E-state index contributed by atoms with van der Waals surface area (Å²) < 4.78 is 0.968. The number of nitrogens with zero attached hydrogens (tertiary/aromatic N) is 4. The molecule has 0 spiro atoms. The van der Waals surface area contributed by atoms with Crippen molar-refractivity contribution in [1.29, 1.82) is 0 Å². The third-order valence-corrected chi connectivity index (χ3v) is 2.49. The highest BCUT2D eigenvalue weighted by molar-refractivity contribution is 5.79. The van der Waals surface area contributed by atoms with Crippen LogP contribution in [-0.4, -0.2) is 24.9 Å². The molecule has 3 rings (SSSR count). The Hall–Kier alpha value is -2.63. The first kappa shape index (κ1) is 9.59. The van der Waals surface area contributed by atoms with E-state index in [1.807, 2.05) is 0 Å². The zero-order valence-corrected chi connectivity index (χ0v) is 8.78. The molecule has 17 heavy (non-hydrogen) atoms. The van der Waals surface area contributed by atoms with E-state index < -0.39 is 0 Å². The highest BCUT2D eigenvalue weighted by Crippen LogP contribution is 2.25. The van der Waals surface area contributed by atoms with Crippen molar-refractivity contribution in [2.24, 2.45) is 0 Å². The molecule has 3 heterocycles. The number of rotatable bonds is 1. The molecular formula is C11H9N5O.